The summed E-state index contributed by atoms with van der Waals surface area (Å²) in [6.45, 7) is 8.36. The fraction of sp³-hybridized carbons (Fsp3) is 0.250. The predicted molar refractivity (Wildman–Crippen MR) is 120 cm³/mol. The van der Waals surface area contributed by atoms with Gasteiger partial charge in [-0.3, -0.25) is 9.59 Å². The first kappa shape index (κ1) is 23.4. The second-order valence-corrected chi connectivity index (χ2v) is 9.87. The van der Waals surface area contributed by atoms with E-state index in [0.717, 1.165) is 0 Å². The Morgan fingerprint density at radius 2 is 1.43 bits per heavy atom. The number of benzene rings is 2. The molecule has 158 valence electrons. The molecule has 0 unspecified atom stereocenters. The summed E-state index contributed by atoms with van der Waals surface area (Å²) in [5, 5.41) is 1.27. The van der Waals surface area contributed by atoms with E-state index >= 15 is 0 Å². The Balaban J connectivity index is 2.68. The van der Waals surface area contributed by atoms with Crippen LogP contribution in [0.3, 0.4) is 0 Å². The summed E-state index contributed by atoms with van der Waals surface area (Å²) < 4.78 is 25.3. The van der Waals surface area contributed by atoms with Gasteiger partial charge in [-0.25, -0.2) is 0 Å². The van der Waals surface area contributed by atoms with E-state index < -0.39 is 30.8 Å². The van der Waals surface area contributed by atoms with Gasteiger partial charge >= 0.3 is 11.9 Å². The molecule has 0 aliphatic heterocycles. The van der Waals surface area contributed by atoms with Gasteiger partial charge in [0.2, 0.25) is 0 Å². The molecule has 0 saturated heterocycles. The van der Waals surface area contributed by atoms with Gasteiger partial charge in [-0.15, -0.1) is 0 Å². The van der Waals surface area contributed by atoms with Crippen molar-refractivity contribution in [2.75, 3.05) is 6.61 Å². The third kappa shape index (κ3) is 5.80. The van der Waals surface area contributed by atoms with E-state index in [1.165, 1.54) is 13.8 Å². The number of esters is 2. The summed E-state index contributed by atoms with van der Waals surface area (Å²) in [6.07, 6.45) is 2.51. The summed E-state index contributed by atoms with van der Waals surface area (Å²) in [5.74, 6) is -0.906. The van der Waals surface area contributed by atoms with Crippen molar-refractivity contribution in [2.24, 2.45) is 0 Å². The Hall–Kier alpha value is -2.91. The van der Waals surface area contributed by atoms with Crippen molar-refractivity contribution in [3.63, 3.8) is 0 Å². The Morgan fingerprint density at radius 1 is 0.933 bits per heavy atom. The molecule has 0 spiro atoms. The van der Waals surface area contributed by atoms with Crippen molar-refractivity contribution < 1.29 is 23.6 Å². The molecule has 0 aromatic heterocycles. The largest absolute Gasteiger partial charge is 0.462 e. The molecule has 0 amide bonds. The van der Waals surface area contributed by atoms with Gasteiger partial charge in [0.25, 0.3) is 0 Å². The van der Waals surface area contributed by atoms with Crippen LogP contribution >= 0.6 is 7.14 Å². The fourth-order valence-corrected chi connectivity index (χ4v) is 6.48. The Labute approximate surface area is 177 Å². The van der Waals surface area contributed by atoms with Crippen LogP contribution in [0.15, 0.2) is 85.0 Å². The van der Waals surface area contributed by atoms with Crippen LogP contribution in [0.4, 0.5) is 0 Å². The lowest BCUT2D eigenvalue weighted by Gasteiger charge is -2.32. The van der Waals surface area contributed by atoms with Gasteiger partial charge in [0, 0.05) is 24.5 Å². The van der Waals surface area contributed by atoms with Gasteiger partial charge in [-0.05, 0) is 12.5 Å². The molecule has 0 bridgehead atoms. The second-order valence-electron chi connectivity index (χ2n) is 6.93. The average Bonchev–Trinajstić information content (AvgIpc) is 2.73. The molecule has 0 saturated carbocycles. The van der Waals surface area contributed by atoms with Crippen LogP contribution in [0.5, 0.6) is 0 Å². The van der Waals surface area contributed by atoms with Crippen LogP contribution in [0.2, 0.25) is 0 Å². The summed E-state index contributed by atoms with van der Waals surface area (Å²) >= 11 is 0. The Kier molecular flexibility index (Phi) is 8.37. The van der Waals surface area contributed by atoms with E-state index in [0.29, 0.717) is 16.2 Å². The summed E-state index contributed by atoms with van der Waals surface area (Å²) in [4.78, 5) is 23.0. The van der Waals surface area contributed by atoms with Gasteiger partial charge in [0.1, 0.15) is 12.7 Å². The standard InChI is InChI=1S/C24H27O5P/c1-18(2)24(29-20(4)26)23(16-11-17-28-19(3)25)30(27,21-12-7-5-8-13-21)22-14-9-6-10-15-22/h5-16,23-24H,1,17H2,2-4H3/b16-11+/t23-,24+/m1/s1. The van der Waals surface area contributed by atoms with Crippen LogP contribution in [0, 0.1) is 0 Å². The summed E-state index contributed by atoms with van der Waals surface area (Å²) in [6, 6.07) is 18.2. The Bertz CT molecular complexity index is 907. The van der Waals surface area contributed by atoms with E-state index in [2.05, 4.69) is 6.58 Å². The van der Waals surface area contributed by atoms with Crippen molar-refractivity contribution in [3.05, 3.63) is 85.0 Å². The first-order valence-electron chi connectivity index (χ1n) is 9.60. The van der Waals surface area contributed by atoms with Crippen molar-refractivity contribution in [1.82, 2.24) is 0 Å². The molecule has 2 atom stereocenters. The van der Waals surface area contributed by atoms with Gasteiger partial charge < -0.3 is 14.0 Å². The topological polar surface area (TPSA) is 69.7 Å². The number of carbonyl (C=O) groups is 2. The normalized spacial score (nSPS) is 13.4. The Morgan fingerprint density at radius 3 is 1.83 bits per heavy atom. The van der Waals surface area contributed by atoms with Gasteiger partial charge in [0.15, 0.2) is 7.14 Å². The average molecular weight is 426 g/mol. The smallest absolute Gasteiger partial charge is 0.303 e. The first-order valence-corrected chi connectivity index (χ1v) is 11.4. The molecule has 0 radical (unpaired) electrons. The predicted octanol–water partition coefficient (Wildman–Crippen LogP) is 4.00. The molecule has 0 N–H and O–H groups in total. The van der Waals surface area contributed by atoms with E-state index in [-0.39, 0.29) is 6.61 Å². The van der Waals surface area contributed by atoms with Crippen molar-refractivity contribution in [2.45, 2.75) is 32.5 Å². The molecule has 30 heavy (non-hydrogen) atoms. The van der Waals surface area contributed by atoms with E-state index in [9.17, 15) is 14.2 Å². The molecule has 2 aromatic carbocycles. The quantitative estimate of drug-likeness (QED) is 0.344. The lowest BCUT2D eigenvalue weighted by molar-refractivity contribution is -0.144. The third-order valence-electron chi connectivity index (χ3n) is 4.50. The highest BCUT2D eigenvalue weighted by Crippen LogP contribution is 2.52. The number of carbonyl (C=O) groups excluding carboxylic acids is 2. The van der Waals surface area contributed by atoms with E-state index in [4.69, 9.17) is 9.47 Å². The van der Waals surface area contributed by atoms with Crippen LogP contribution in [-0.2, 0) is 23.6 Å². The number of ether oxygens (including phenoxy) is 2. The van der Waals surface area contributed by atoms with Crippen molar-refractivity contribution in [3.8, 4) is 0 Å². The van der Waals surface area contributed by atoms with Crippen LogP contribution in [0.1, 0.15) is 20.8 Å². The fourth-order valence-electron chi connectivity index (χ4n) is 3.21. The highest BCUT2D eigenvalue weighted by molar-refractivity contribution is 7.79. The van der Waals surface area contributed by atoms with Crippen molar-refractivity contribution in [1.29, 1.82) is 0 Å². The number of hydrogen-bond donors (Lipinski definition) is 0. The number of hydrogen-bond acceptors (Lipinski definition) is 5. The third-order valence-corrected chi connectivity index (χ3v) is 7.92. The molecule has 5 nitrogen and oxygen atoms in total. The SMILES string of the molecule is C=C(C)[C@H](OC(C)=O)[C@@H](/C=C/COC(C)=O)P(=O)(c1ccccc1)c1ccccc1. The lowest BCUT2D eigenvalue weighted by Crippen LogP contribution is -2.36. The highest BCUT2D eigenvalue weighted by atomic mass is 31.2. The zero-order chi connectivity index (χ0) is 22.1. The van der Waals surface area contributed by atoms with Crippen LogP contribution in [-0.4, -0.2) is 30.3 Å². The molecule has 0 aliphatic rings. The second kappa shape index (κ2) is 10.7. The van der Waals surface area contributed by atoms with E-state index in [1.54, 1.807) is 19.1 Å². The highest BCUT2D eigenvalue weighted by Gasteiger charge is 2.41. The maximum absolute atomic E-state index is 14.8. The van der Waals surface area contributed by atoms with Gasteiger partial charge in [-0.1, -0.05) is 79.4 Å². The molecule has 0 fully saturated rings. The monoisotopic (exact) mass is 426 g/mol. The molecular formula is C24H27O5P. The molecule has 0 heterocycles. The minimum absolute atomic E-state index is 0.0262. The maximum atomic E-state index is 14.8. The lowest BCUT2D eigenvalue weighted by atomic mass is 10.1. The van der Waals surface area contributed by atoms with Gasteiger partial charge in [-0.2, -0.15) is 0 Å². The summed E-state index contributed by atoms with van der Waals surface area (Å²) in [7, 11) is -3.33. The van der Waals surface area contributed by atoms with E-state index in [1.807, 2.05) is 60.7 Å². The molecule has 0 aliphatic carbocycles. The minimum atomic E-state index is -3.33. The van der Waals surface area contributed by atoms with Gasteiger partial charge in [0.05, 0.1) is 5.66 Å². The summed E-state index contributed by atoms with van der Waals surface area (Å²) in [5.41, 5.74) is -0.154. The maximum Gasteiger partial charge on any atom is 0.303 e. The molecule has 2 rings (SSSR count). The molecule has 6 heteroatoms. The minimum Gasteiger partial charge on any atom is -0.462 e. The van der Waals surface area contributed by atoms with Crippen LogP contribution < -0.4 is 10.6 Å². The molecule has 2 aromatic rings. The zero-order valence-corrected chi connectivity index (χ0v) is 18.4. The van der Waals surface area contributed by atoms with Crippen molar-refractivity contribution >= 4 is 29.7 Å². The van der Waals surface area contributed by atoms with Crippen LogP contribution in [0.25, 0.3) is 0 Å². The zero-order valence-electron chi connectivity index (χ0n) is 17.5. The molecular weight excluding hydrogens is 399 g/mol. The first-order chi connectivity index (χ1) is 14.3. The number of rotatable bonds is 9.